The third kappa shape index (κ3) is 4.25. The van der Waals surface area contributed by atoms with Gasteiger partial charge >= 0.3 is 6.61 Å². The summed E-state index contributed by atoms with van der Waals surface area (Å²) >= 11 is 1.03. The van der Waals surface area contributed by atoms with Gasteiger partial charge in [-0.2, -0.15) is 8.78 Å². The Balaban J connectivity index is 1.81. The normalized spacial score (nSPS) is 11.5. The molecule has 0 spiro atoms. The molecule has 11 heteroatoms. The summed E-state index contributed by atoms with van der Waals surface area (Å²) in [6.45, 7) is -3.04. The van der Waals surface area contributed by atoms with E-state index in [1.807, 2.05) is 0 Å². The van der Waals surface area contributed by atoms with Gasteiger partial charge in [0.1, 0.15) is 10.8 Å². The van der Waals surface area contributed by atoms with Crippen LogP contribution in [0.1, 0.15) is 0 Å². The zero-order valence-corrected chi connectivity index (χ0v) is 14.0. The van der Waals surface area contributed by atoms with E-state index in [1.165, 1.54) is 18.2 Å². The lowest BCUT2D eigenvalue weighted by Crippen LogP contribution is -2.13. The van der Waals surface area contributed by atoms with Crippen LogP contribution in [0.3, 0.4) is 0 Å². The maximum absolute atomic E-state index is 12.4. The molecule has 3 aromatic rings. The van der Waals surface area contributed by atoms with E-state index >= 15 is 0 Å². The van der Waals surface area contributed by atoms with Crippen LogP contribution in [0, 0.1) is 0 Å². The van der Waals surface area contributed by atoms with Crippen LogP contribution in [-0.4, -0.2) is 30.2 Å². The summed E-state index contributed by atoms with van der Waals surface area (Å²) in [5, 5.41) is 8.25. The molecule has 0 saturated carbocycles. The van der Waals surface area contributed by atoms with Gasteiger partial charge in [0, 0.05) is 24.0 Å². The Morgan fingerprint density at radius 3 is 2.60 bits per heavy atom. The monoisotopic (exact) mass is 384 g/mol. The lowest BCUT2D eigenvalue weighted by Gasteiger charge is -2.08. The van der Waals surface area contributed by atoms with Crippen molar-refractivity contribution in [3.8, 4) is 16.3 Å². The SMILES string of the molecule is O=S(=O)(Nc1nnc(-c2ccncc2)s1)c1cccc(OC(F)F)c1. The average Bonchev–Trinajstić information content (AvgIpc) is 3.03. The molecule has 2 aromatic heterocycles. The number of benzene rings is 1. The highest BCUT2D eigenvalue weighted by Crippen LogP contribution is 2.28. The summed E-state index contributed by atoms with van der Waals surface area (Å²) in [6.07, 6.45) is 3.16. The van der Waals surface area contributed by atoms with Crippen molar-refractivity contribution in [3.63, 3.8) is 0 Å². The predicted octanol–water partition coefficient (Wildman–Crippen LogP) is 3.00. The van der Waals surface area contributed by atoms with Crippen molar-refractivity contribution in [1.29, 1.82) is 0 Å². The third-order valence-corrected chi connectivity index (χ3v) is 5.27. The number of ether oxygens (including phenoxy) is 1. The minimum atomic E-state index is -4.02. The second-order valence-corrected chi connectivity index (χ2v) is 7.27. The molecule has 25 heavy (non-hydrogen) atoms. The van der Waals surface area contributed by atoms with Gasteiger partial charge in [0.05, 0.1) is 4.90 Å². The van der Waals surface area contributed by atoms with Gasteiger partial charge in [-0.05, 0) is 24.3 Å². The molecule has 7 nitrogen and oxygen atoms in total. The Morgan fingerprint density at radius 2 is 1.88 bits per heavy atom. The van der Waals surface area contributed by atoms with Crippen molar-refractivity contribution in [3.05, 3.63) is 48.8 Å². The largest absolute Gasteiger partial charge is 0.435 e. The smallest absolute Gasteiger partial charge is 0.387 e. The van der Waals surface area contributed by atoms with Crippen molar-refractivity contribution in [1.82, 2.24) is 15.2 Å². The highest BCUT2D eigenvalue weighted by atomic mass is 32.2. The highest BCUT2D eigenvalue weighted by molar-refractivity contribution is 7.93. The lowest BCUT2D eigenvalue weighted by molar-refractivity contribution is -0.0499. The Labute approximate surface area is 145 Å². The molecule has 0 radical (unpaired) electrons. The first-order chi connectivity index (χ1) is 11.9. The lowest BCUT2D eigenvalue weighted by atomic mass is 10.3. The molecule has 1 aromatic carbocycles. The number of sulfonamides is 1. The molecular weight excluding hydrogens is 374 g/mol. The highest BCUT2D eigenvalue weighted by Gasteiger charge is 2.18. The zero-order valence-electron chi connectivity index (χ0n) is 12.3. The molecule has 130 valence electrons. The van der Waals surface area contributed by atoms with Gasteiger partial charge in [0.25, 0.3) is 10.0 Å². The number of halogens is 2. The van der Waals surface area contributed by atoms with E-state index in [1.54, 1.807) is 24.5 Å². The molecule has 0 amide bonds. The van der Waals surface area contributed by atoms with Crippen LogP contribution in [-0.2, 0) is 10.0 Å². The van der Waals surface area contributed by atoms with E-state index < -0.39 is 16.6 Å². The van der Waals surface area contributed by atoms with Gasteiger partial charge in [-0.3, -0.25) is 9.71 Å². The maximum atomic E-state index is 12.4. The summed E-state index contributed by atoms with van der Waals surface area (Å²) in [7, 11) is -4.02. The second-order valence-electron chi connectivity index (χ2n) is 4.61. The molecule has 0 bridgehead atoms. The number of hydrogen-bond acceptors (Lipinski definition) is 7. The first kappa shape index (κ1) is 17.2. The minimum Gasteiger partial charge on any atom is -0.435 e. The number of anilines is 1. The van der Waals surface area contributed by atoms with E-state index in [4.69, 9.17) is 0 Å². The quantitative estimate of drug-likeness (QED) is 0.702. The molecule has 1 N–H and O–H groups in total. The number of alkyl halides is 2. The number of nitrogens with one attached hydrogen (secondary N) is 1. The van der Waals surface area contributed by atoms with Crippen LogP contribution in [0.25, 0.3) is 10.6 Å². The van der Waals surface area contributed by atoms with E-state index in [0.717, 1.165) is 23.0 Å². The summed E-state index contributed by atoms with van der Waals surface area (Å²) in [6, 6.07) is 8.21. The van der Waals surface area contributed by atoms with Gasteiger partial charge < -0.3 is 4.74 Å². The van der Waals surface area contributed by atoms with Gasteiger partial charge in [-0.15, -0.1) is 10.2 Å². The van der Waals surface area contributed by atoms with E-state index in [2.05, 4.69) is 24.6 Å². The van der Waals surface area contributed by atoms with Crippen LogP contribution >= 0.6 is 11.3 Å². The molecular formula is C14H10F2N4O3S2. The summed E-state index contributed by atoms with van der Waals surface area (Å²) in [5.41, 5.74) is 0.741. The van der Waals surface area contributed by atoms with Crippen molar-refractivity contribution in [2.45, 2.75) is 11.5 Å². The van der Waals surface area contributed by atoms with Gasteiger partial charge in [-0.25, -0.2) is 8.42 Å². The molecule has 3 rings (SSSR count). The fourth-order valence-corrected chi connectivity index (χ4v) is 3.88. The number of aromatic nitrogens is 3. The predicted molar refractivity (Wildman–Crippen MR) is 87.0 cm³/mol. The second kappa shape index (κ2) is 7.07. The fraction of sp³-hybridized carbons (Fsp3) is 0.0714. The van der Waals surface area contributed by atoms with Crippen LogP contribution in [0.15, 0.2) is 53.7 Å². The number of rotatable bonds is 6. The average molecular weight is 384 g/mol. The summed E-state index contributed by atoms with van der Waals surface area (Å²) in [5.74, 6) is -0.257. The van der Waals surface area contributed by atoms with Crippen molar-refractivity contribution >= 4 is 26.5 Å². The minimum absolute atomic E-state index is 0.0481. The number of pyridine rings is 1. The zero-order chi connectivity index (χ0) is 17.9. The van der Waals surface area contributed by atoms with E-state index in [9.17, 15) is 17.2 Å². The molecule has 0 aliphatic carbocycles. The first-order valence-corrected chi connectivity index (χ1v) is 9.05. The summed E-state index contributed by atoms with van der Waals surface area (Å²) in [4.78, 5) is 3.65. The van der Waals surface area contributed by atoms with Gasteiger partial charge in [0.15, 0.2) is 0 Å². The Kier molecular flexibility index (Phi) is 4.86. The fourth-order valence-electron chi connectivity index (χ4n) is 1.87. The number of hydrogen-bond donors (Lipinski definition) is 1. The molecule has 0 fully saturated rings. The Hall–Kier alpha value is -2.66. The molecule has 0 saturated heterocycles. The standard InChI is InChI=1S/C14H10F2N4O3S2/c15-13(16)23-10-2-1-3-11(8-10)25(21,22)20-14-19-18-12(24-14)9-4-6-17-7-5-9/h1-8,13H,(H,19,20). The van der Waals surface area contributed by atoms with Crippen LogP contribution in [0.5, 0.6) is 5.75 Å². The molecule has 0 unspecified atom stereocenters. The van der Waals surface area contributed by atoms with E-state index in [0.29, 0.717) is 5.01 Å². The van der Waals surface area contributed by atoms with E-state index in [-0.39, 0.29) is 15.8 Å². The van der Waals surface area contributed by atoms with Crippen molar-refractivity contribution in [2.75, 3.05) is 4.72 Å². The molecule has 0 aliphatic heterocycles. The topological polar surface area (TPSA) is 94.1 Å². The Morgan fingerprint density at radius 1 is 1.12 bits per heavy atom. The molecule has 0 aliphatic rings. The molecule has 0 atom stereocenters. The maximum Gasteiger partial charge on any atom is 0.387 e. The first-order valence-electron chi connectivity index (χ1n) is 6.76. The van der Waals surface area contributed by atoms with Crippen molar-refractivity contribution in [2.24, 2.45) is 0 Å². The molecule has 2 heterocycles. The van der Waals surface area contributed by atoms with Gasteiger partial charge in [-0.1, -0.05) is 17.4 Å². The summed E-state index contributed by atoms with van der Waals surface area (Å²) < 4.78 is 55.7. The van der Waals surface area contributed by atoms with Crippen molar-refractivity contribution < 1.29 is 21.9 Å². The van der Waals surface area contributed by atoms with Crippen LogP contribution in [0.2, 0.25) is 0 Å². The number of nitrogens with zero attached hydrogens (tertiary/aromatic N) is 3. The van der Waals surface area contributed by atoms with Crippen LogP contribution in [0.4, 0.5) is 13.9 Å². The van der Waals surface area contributed by atoms with Crippen LogP contribution < -0.4 is 9.46 Å². The van der Waals surface area contributed by atoms with Gasteiger partial charge in [0.2, 0.25) is 5.13 Å². The Bertz CT molecular complexity index is 965. The third-order valence-electron chi connectivity index (χ3n) is 2.91.